The molecule has 0 aliphatic carbocycles. The van der Waals surface area contributed by atoms with E-state index in [0.29, 0.717) is 22.3 Å². The number of fused-ring (bicyclic) bond motifs is 1. The minimum absolute atomic E-state index is 0.227. The molecule has 0 aliphatic heterocycles. The summed E-state index contributed by atoms with van der Waals surface area (Å²) in [5.74, 6) is 1.04. The van der Waals surface area contributed by atoms with E-state index >= 15 is 0 Å². The van der Waals surface area contributed by atoms with Crippen molar-refractivity contribution >= 4 is 23.4 Å². The number of nitrogens with one attached hydrogen (secondary N) is 2. The van der Waals surface area contributed by atoms with Crippen molar-refractivity contribution in [3.8, 4) is 0 Å². The van der Waals surface area contributed by atoms with Crippen LogP contribution < -0.4 is 5.69 Å². The van der Waals surface area contributed by atoms with Crippen LogP contribution in [0, 0.1) is 4.64 Å². The lowest BCUT2D eigenvalue weighted by Gasteiger charge is -2.05. The van der Waals surface area contributed by atoms with Gasteiger partial charge in [0.15, 0.2) is 5.65 Å². The van der Waals surface area contributed by atoms with E-state index in [1.165, 1.54) is 0 Å². The van der Waals surface area contributed by atoms with Gasteiger partial charge >= 0.3 is 5.69 Å². The van der Waals surface area contributed by atoms with Crippen LogP contribution in [-0.2, 0) is 6.54 Å². The number of imidazole rings is 1. The Labute approximate surface area is 125 Å². The molecule has 0 spiro atoms. The zero-order valence-electron chi connectivity index (χ0n) is 11.8. The van der Waals surface area contributed by atoms with Crippen LogP contribution >= 0.6 is 12.2 Å². The van der Waals surface area contributed by atoms with E-state index in [1.54, 1.807) is 10.8 Å². The second-order valence-corrected chi connectivity index (χ2v) is 5.55. The SMILES string of the molecule is CC(C)c1nc2c([nH]1)c(=S)[nH]c(=O)n2Cc1ccccn1. The molecule has 0 bridgehead atoms. The van der Waals surface area contributed by atoms with Gasteiger partial charge in [0.05, 0.1) is 12.2 Å². The van der Waals surface area contributed by atoms with Gasteiger partial charge in [0.2, 0.25) is 0 Å². The number of H-pyrrole nitrogens is 2. The molecule has 0 aliphatic rings. The predicted molar refractivity (Wildman–Crippen MR) is 83.0 cm³/mol. The second-order valence-electron chi connectivity index (χ2n) is 5.14. The Balaban J connectivity index is 2.22. The van der Waals surface area contributed by atoms with Crippen LogP contribution in [0.5, 0.6) is 0 Å². The Kier molecular flexibility index (Phi) is 3.42. The van der Waals surface area contributed by atoms with Crippen LogP contribution in [0.1, 0.15) is 31.3 Å². The number of aromatic nitrogens is 5. The molecular formula is C14H15N5OS. The number of pyridine rings is 1. The van der Waals surface area contributed by atoms with Crippen molar-refractivity contribution in [1.82, 2.24) is 24.5 Å². The number of hydrogen-bond acceptors (Lipinski definition) is 4. The summed E-state index contributed by atoms with van der Waals surface area (Å²) in [6.07, 6.45) is 1.70. The van der Waals surface area contributed by atoms with Gasteiger partial charge in [-0.1, -0.05) is 32.1 Å². The average molecular weight is 301 g/mol. The van der Waals surface area contributed by atoms with E-state index in [1.807, 2.05) is 32.0 Å². The third kappa shape index (κ3) is 2.52. The van der Waals surface area contributed by atoms with E-state index in [2.05, 4.69) is 19.9 Å². The maximum Gasteiger partial charge on any atom is 0.328 e. The molecule has 0 fully saturated rings. The zero-order chi connectivity index (χ0) is 15.0. The summed E-state index contributed by atoms with van der Waals surface area (Å²) in [5.41, 5.74) is 1.77. The molecule has 6 nitrogen and oxygen atoms in total. The number of rotatable bonds is 3. The fraction of sp³-hybridized carbons (Fsp3) is 0.286. The summed E-state index contributed by atoms with van der Waals surface area (Å²) in [6, 6.07) is 5.60. The molecule has 0 saturated heterocycles. The Morgan fingerprint density at radius 3 is 2.81 bits per heavy atom. The molecule has 3 aromatic heterocycles. The molecule has 108 valence electrons. The largest absolute Gasteiger partial charge is 0.338 e. The highest BCUT2D eigenvalue weighted by Crippen LogP contribution is 2.16. The fourth-order valence-electron chi connectivity index (χ4n) is 2.13. The first-order chi connectivity index (χ1) is 10.1. The van der Waals surface area contributed by atoms with Crippen molar-refractivity contribution in [3.63, 3.8) is 0 Å². The van der Waals surface area contributed by atoms with Gasteiger partial charge in [0.1, 0.15) is 16.0 Å². The standard InChI is InChI=1S/C14H15N5OS/c1-8(2)11-16-10-12(17-11)19(14(20)18-13(10)21)7-9-5-3-4-6-15-9/h3-6,8H,7H2,1-2H3,(H,16,17)(H,18,20,21). The Morgan fingerprint density at radius 1 is 1.33 bits per heavy atom. The monoisotopic (exact) mass is 301 g/mol. The summed E-state index contributed by atoms with van der Waals surface area (Å²) in [4.78, 5) is 26.8. The van der Waals surface area contributed by atoms with E-state index in [-0.39, 0.29) is 11.6 Å². The Hall–Kier alpha value is -2.28. The number of aromatic amines is 2. The quantitative estimate of drug-likeness (QED) is 0.728. The Morgan fingerprint density at radius 2 is 2.14 bits per heavy atom. The molecule has 0 aromatic carbocycles. The topological polar surface area (TPSA) is 79.4 Å². The van der Waals surface area contributed by atoms with Gasteiger partial charge in [-0.25, -0.2) is 9.78 Å². The van der Waals surface area contributed by atoms with Crippen molar-refractivity contribution in [2.75, 3.05) is 0 Å². The van der Waals surface area contributed by atoms with Gasteiger partial charge in [-0.15, -0.1) is 0 Å². The number of nitrogens with zero attached hydrogens (tertiary/aromatic N) is 3. The first-order valence-electron chi connectivity index (χ1n) is 6.69. The van der Waals surface area contributed by atoms with Crippen LogP contribution in [0.3, 0.4) is 0 Å². The molecule has 3 rings (SSSR count). The van der Waals surface area contributed by atoms with Gasteiger partial charge < -0.3 is 4.98 Å². The first-order valence-corrected chi connectivity index (χ1v) is 7.09. The highest BCUT2D eigenvalue weighted by molar-refractivity contribution is 7.71. The lowest BCUT2D eigenvalue weighted by Crippen LogP contribution is -2.24. The van der Waals surface area contributed by atoms with Crippen LogP contribution in [0.15, 0.2) is 29.2 Å². The van der Waals surface area contributed by atoms with E-state index < -0.39 is 0 Å². The molecule has 0 radical (unpaired) electrons. The maximum absolute atomic E-state index is 12.2. The summed E-state index contributed by atoms with van der Waals surface area (Å²) in [7, 11) is 0. The van der Waals surface area contributed by atoms with Crippen LogP contribution in [0.4, 0.5) is 0 Å². The van der Waals surface area contributed by atoms with Crippen LogP contribution in [0.2, 0.25) is 0 Å². The zero-order valence-corrected chi connectivity index (χ0v) is 12.6. The lowest BCUT2D eigenvalue weighted by molar-refractivity contribution is 0.729. The average Bonchev–Trinajstić information content (AvgIpc) is 2.90. The first kappa shape index (κ1) is 13.7. The molecule has 0 unspecified atom stereocenters. The van der Waals surface area contributed by atoms with Gasteiger partial charge in [-0.3, -0.25) is 14.5 Å². The maximum atomic E-state index is 12.2. The summed E-state index contributed by atoms with van der Waals surface area (Å²) in [5, 5.41) is 0. The van der Waals surface area contributed by atoms with Gasteiger partial charge in [0.25, 0.3) is 0 Å². The van der Waals surface area contributed by atoms with E-state index in [9.17, 15) is 4.79 Å². The van der Waals surface area contributed by atoms with Gasteiger partial charge in [0, 0.05) is 12.1 Å². The van der Waals surface area contributed by atoms with Crippen LogP contribution in [0.25, 0.3) is 11.2 Å². The number of hydrogen-bond donors (Lipinski definition) is 2. The molecule has 2 N–H and O–H groups in total. The lowest BCUT2D eigenvalue weighted by atomic mass is 10.2. The molecule has 0 amide bonds. The molecule has 21 heavy (non-hydrogen) atoms. The fourth-order valence-corrected chi connectivity index (χ4v) is 2.36. The molecular weight excluding hydrogens is 286 g/mol. The van der Waals surface area contributed by atoms with Crippen molar-refractivity contribution in [1.29, 1.82) is 0 Å². The summed E-state index contributed by atoms with van der Waals surface area (Å²) < 4.78 is 1.93. The summed E-state index contributed by atoms with van der Waals surface area (Å²) >= 11 is 5.21. The minimum atomic E-state index is -0.278. The highest BCUT2D eigenvalue weighted by atomic mass is 32.1. The third-order valence-corrected chi connectivity index (χ3v) is 3.55. The smallest absolute Gasteiger partial charge is 0.328 e. The van der Waals surface area contributed by atoms with Gasteiger partial charge in [-0.2, -0.15) is 0 Å². The summed E-state index contributed by atoms with van der Waals surface area (Å²) in [6.45, 7) is 4.42. The van der Waals surface area contributed by atoms with Crippen molar-refractivity contribution in [3.05, 3.63) is 51.0 Å². The van der Waals surface area contributed by atoms with Gasteiger partial charge in [-0.05, 0) is 12.1 Å². The van der Waals surface area contributed by atoms with Crippen molar-refractivity contribution in [2.24, 2.45) is 0 Å². The Bertz CT molecular complexity index is 891. The second kappa shape index (κ2) is 5.25. The van der Waals surface area contributed by atoms with Crippen molar-refractivity contribution < 1.29 is 0 Å². The van der Waals surface area contributed by atoms with Crippen molar-refractivity contribution in [2.45, 2.75) is 26.3 Å². The predicted octanol–water partition coefficient (Wildman–Crippen LogP) is 2.35. The molecule has 3 aromatic rings. The third-order valence-electron chi connectivity index (χ3n) is 3.24. The van der Waals surface area contributed by atoms with E-state index in [4.69, 9.17) is 12.2 Å². The molecule has 0 atom stereocenters. The van der Waals surface area contributed by atoms with E-state index in [0.717, 1.165) is 11.5 Å². The molecule has 0 saturated carbocycles. The minimum Gasteiger partial charge on any atom is -0.338 e. The van der Waals surface area contributed by atoms with Crippen LogP contribution in [-0.4, -0.2) is 24.5 Å². The molecule has 7 heteroatoms. The normalized spacial score (nSPS) is 11.4. The molecule has 3 heterocycles. The highest BCUT2D eigenvalue weighted by Gasteiger charge is 2.13.